The number of rotatable bonds is 7. The molecule has 0 radical (unpaired) electrons. The summed E-state index contributed by atoms with van der Waals surface area (Å²) < 4.78 is 10.3. The number of esters is 1. The van der Waals surface area contributed by atoms with Gasteiger partial charge in [0.25, 0.3) is 5.91 Å². The molecule has 1 N–H and O–H groups in total. The van der Waals surface area contributed by atoms with Crippen LogP contribution in [-0.2, 0) is 16.1 Å². The zero-order chi connectivity index (χ0) is 17.4. The van der Waals surface area contributed by atoms with Gasteiger partial charge in [0.15, 0.2) is 6.61 Å². The van der Waals surface area contributed by atoms with E-state index in [4.69, 9.17) is 21.1 Å². The summed E-state index contributed by atoms with van der Waals surface area (Å²) in [6.07, 6.45) is 0. The van der Waals surface area contributed by atoms with Crippen LogP contribution < -0.4 is 10.1 Å². The van der Waals surface area contributed by atoms with E-state index in [9.17, 15) is 9.59 Å². The first kappa shape index (κ1) is 17.8. The lowest BCUT2D eigenvalue weighted by Gasteiger charge is -2.09. The molecule has 0 aliphatic heterocycles. The molecule has 0 spiro atoms. The molecule has 0 aromatic heterocycles. The molecule has 0 bridgehead atoms. The average Bonchev–Trinajstić information content (AvgIpc) is 2.59. The van der Waals surface area contributed by atoms with E-state index in [-0.39, 0.29) is 12.5 Å². The minimum atomic E-state index is -0.423. The Hall–Kier alpha value is -2.53. The SMILES string of the molecule is CCOC(=O)c1cccc(OCC(=O)NCc2cccc(Cl)c2)c1. The summed E-state index contributed by atoms with van der Waals surface area (Å²) in [5, 5.41) is 3.36. The maximum Gasteiger partial charge on any atom is 0.338 e. The van der Waals surface area contributed by atoms with Crippen molar-refractivity contribution in [3.05, 3.63) is 64.7 Å². The predicted molar refractivity (Wildman–Crippen MR) is 91.2 cm³/mol. The lowest BCUT2D eigenvalue weighted by molar-refractivity contribution is -0.123. The molecule has 0 aliphatic carbocycles. The van der Waals surface area contributed by atoms with Gasteiger partial charge >= 0.3 is 5.97 Å². The molecule has 0 unspecified atom stereocenters. The van der Waals surface area contributed by atoms with Gasteiger partial charge in [0.1, 0.15) is 5.75 Å². The average molecular weight is 348 g/mol. The quantitative estimate of drug-likeness (QED) is 0.781. The lowest BCUT2D eigenvalue weighted by Crippen LogP contribution is -2.28. The summed E-state index contributed by atoms with van der Waals surface area (Å²) >= 11 is 5.89. The number of halogens is 1. The molecule has 0 aliphatic rings. The van der Waals surface area contributed by atoms with Crippen LogP contribution >= 0.6 is 11.6 Å². The van der Waals surface area contributed by atoms with E-state index in [1.165, 1.54) is 0 Å². The van der Waals surface area contributed by atoms with Crippen LogP contribution in [0.2, 0.25) is 5.02 Å². The fraction of sp³-hybridized carbons (Fsp3) is 0.222. The lowest BCUT2D eigenvalue weighted by atomic mass is 10.2. The number of ether oxygens (including phenoxy) is 2. The number of nitrogens with one attached hydrogen (secondary N) is 1. The molecule has 0 saturated heterocycles. The van der Waals surface area contributed by atoms with Crippen LogP contribution in [-0.4, -0.2) is 25.1 Å². The second-order valence-corrected chi connectivity index (χ2v) is 5.38. The van der Waals surface area contributed by atoms with Gasteiger partial charge in [-0.25, -0.2) is 4.79 Å². The third-order valence-electron chi connectivity index (χ3n) is 3.09. The molecule has 0 fully saturated rings. The number of carbonyl (C=O) groups excluding carboxylic acids is 2. The first-order chi connectivity index (χ1) is 11.6. The van der Waals surface area contributed by atoms with Crippen molar-refractivity contribution in [1.29, 1.82) is 0 Å². The summed E-state index contributed by atoms with van der Waals surface area (Å²) in [5.41, 5.74) is 1.29. The van der Waals surface area contributed by atoms with Crippen LogP contribution in [0, 0.1) is 0 Å². The molecular formula is C18H18ClNO4. The topological polar surface area (TPSA) is 64.6 Å². The molecule has 0 heterocycles. The standard InChI is InChI=1S/C18H18ClNO4/c1-2-23-18(22)14-6-4-8-16(10-14)24-12-17(21)20-11-13-5-3-7-15(19)9-13/h3-10H,2,11-12H2,1H3,(H,20,21). The first-order valence-corrected chi connectivity index (χ1v) is 7.87. The second kappa shape index (κ2) is 8.93. The number of hydrogen-bond donors (Lipinski definition) is 1. The van der Waals surface area contributed by atoms with Gasteiger partial charge in [0, 0.05) is 11.6 Å². The molecule has 24 heavy (non-hydrogen) atoms. The van der Waals surface area contributed by atoms with Crippen molar-refractivity contribution in [2.75, 3.05) is 13.2 Å². The van der Waals surface area contributed by atoms with Crippen LogP contribution in [0.25, 0.3) is 0 Å². The van der Waals surface area contributed by atoms with Crippen molar-refractivity contribution >= 4 is 23.5 Å². The van der Waals surface area contributed by atoms with Gasteiger partial charge in [-0.15, -0.1) is 0 Å². The van der Waals surface area contributed by atoms with Crippen molar-refractivity contribution in [1.82, 2.24) is 5.32 Å². The fourth-order valence-electron chi connectivity index (χ4n) is 1.97. The van der Waals surface area contributed by atoms with Crippen LogP contribution in [0.4, 0.5) is 0 Å². The van der Waals surface area contributed by atoms with E-state index >= 15 is 0 Å². The van der Waals surface area contributed by atoms with E-state index in [2.05, 4.69) is 5.32 Å². The van der Waals surface area contributed by atoms with Gasteiger partial charge in [-0.05, 0) is 42.8 Å². The Kier molecular flexibility index (Phi) is 6.63. The van der Waals surface area contributed by atoms with Crippen LogP contribution in [0.1, 0.15) is 22.8 Å². The van der Waals surface area contributed by atoms with Crippen molar-refractivity contribution in [2.45, 2.75) is 13.5 Å². The van der Waals surface area contributed by atoms with Gasteiger partial charge < -0.3 is 14.8 Å². The normalized spacial score (nSPS) is 10.1. The maximum atomic E-state index is 11.8. The van der Waals surface area contributed by atoms with Gasteiger partial charge in [0.2, 0.25) is 0 Å². The molecule has 2 rings (SSSR count). The molecule has 126 valence electrons. The van der Waals surface area contributed by atoms with Crippen LogP contribution in [0.3, 0.4) is 0 Å². The molecule has 6 heteroatoms. The highest BCUT2D eigenvalue weighted by molar-refractivity contribution is 6.30. The van der Waals surface area contributed by atoms with Crippen molar-refractivity contribution in [2.24, 2.45) is 0 Å². The largest absolute Gasteiger partial charge is 0.484 e. The van der Waals surface area contributed by atoms with Gasteiger partial charge in [-0.2, -0.15) is 0 Å². The summed E-state index contributed by atoms with van der Waals surface area (Å²) in [5.74, 6) is -0.261. The molecule has 2 aromatic carbocycles. The number of benzene rings is 2. The Morgan fingerprint density at radius 2 is 1.92 bits per heavy atom. The minimum absolute atomic E-state index is 0.146. The van der Waals surface area contributed by atoms with Crippen molar-refractivity contribution in [3.63, 3.8) is 0 Å². The summed E-state index contributed by atoms with van der Waals surface area (Å²) in [6.45, 7) is 2.26. The van der Waals surface area contributed by atoms with Gasteiger partial charge in [-0.3, -0.25) is 4.79 Å². The Labute approximate surface area is 145 Å². The minimum Gasteiger partial charge on any atom is -0.484 e. The second-order valence-electron chi connectivity index (χ2n) is 4.94. The maximum absolute atomic E-state index is 11.8. The van der Waals surface area contributed by atoms with E-state index in [1.54, 1.807) is 43.3 Å². The highest BCUT2D eigenvalue weighted by atomic mass is 35.5. The molecule has 0 saturated carbocycles. The Balaban J connectivity index is 1.83. The summed E-state index contributed by atoms with van der Waals surface area (Å²) in [4.78, 5) is 23.5. The summed E-state index contributed by atoms with van der Waals surface area (Å²) in [6, 6.07) is 13.8. The van der Waals surface area contributed by atoms with E-state index in [0.29, 0.717) is 29.5 Å². The predicted octanol–water partition coefficient (Wildman–Crippen LogP) is 3.21. The highest BCUT2D eigenvalue weighted by Crippen LogP contribution is 2.14. The zero-order valence-corrected chi connectivity index (χ0v) is 14.0. The van der Waals surface area contributed by atoms with E-state index in [1.807, 2.05) is 12.1 Å². The number of carbonyl (C=O) groups is 2. The molecule has 0 atom stereocenters. The highest BCUT2D eigenvalue weighted by Gasteiger charge is 2.08. The van der Waals surface area contributed by atoms with Crippen LogP contribution in [0.15, 0.2) is 48.5 Å². The van der Waals surface area contributed by atoms with Gasteiger partial charge in [0.05, 0.1) is 12.2 Å². The third kappa shape index (κ3) is 5.59. The van der Waals surface area contributed by atoms with E-state index < -0.39 is 5.97 Å². The number of hydrogen-bond acceptors (Lipinski definition) is 4. The van der Waals surface area contributed by atoms with E-state index in [0.717, 1.165) is 5.56 Å². The van der Waals surface area contributed by atoms with Crippen LogP contribution in [0.5, 0.6) is 5.75 Å². The molecule has 1 amide bonds. The molecule has 5 nitrogen and oxygen atoms in total. The molecular weight excluding hydrogens is 330 g/mol. The zero-order valence-electron chi connectivity index (χ0n) is 13.3. The first-order valence-electron chi connectivity index (χ1n) is 7.49. The smallest absolute Gasteiger partial charge is 0.338 e. The Bertz CT molecular complexity index is 718. The fourth-order valence-corrected chi connectivity index (χ4v) is 2.19. The third-order valence-corrected chi connectivity index (χ3v) is 3.33. The Morgan fingerprint density at radius 1 is 1.12 bits per heavy atom. The van der Waals surface area contributed by atoms with Crippen molar-refractivity contribution < 1.29 is 19.1 Å². The van der Waals surface area contributed by atoms with Gasteiger partial charge in [-0.1, -0.05) is 29.8 Å². The molecule has 2 aromatic rings. The monoisotopic (exact) mass is 347 g/mol. The Morgan fingerprint density at radius 3 is 2.67 bits per heavy atom. The summed E-state index contributed by atoms with van der Waals surface area (Å²) in [7, 11) is 0. The number of amides is 1. The van der Waals surface area contributed by atoms with Crippen molar-refractivity contribution in [3.8, 4) is 5.75 Å².